The lowest BCUT2D eigenvalue weighted by Crippen LogP contribution is -2.52. The Kier molecular flexibility index (Phi) is 5.87. The second kappa shape index (κ2) is 8.33. The van der Waals surface area contributed by atoms with E-state index in [1.54, 1.807) is 6.08 Å². The Balaban J connectivity index is 1.48. The number of amides is 2. The number of aryl methyl sites for hydroxylation is 2. The van der Waals surface area contributed by atoms with Gasteiger partial charge < -0.3 is 16.0 Å². The third-order valence-electron chi connectivity index (χ3n) is 4.79. The highest BCUT2D eigenvalue weighted by Gasteiger charge is 2.31. The van der Waals surface area contributed by atoms with Crippen LogP contribution in [0, 0.1) is 13.8 Å². The zero-order valence-corrected chi connectivity index (χ0v) is 16.0. The molecule has 1 aromatic carbocycles. The van der Waals surface area contributed by atoms with Gasteiger partial charge >= 0.3 is 0 Å². The number of rotatable bonds is 6. The number of fused-ring (bicyclic) bond motifs is 1. The van der Waals surface area contributed by atoms with Crippen molar-refractivity contribution in [1.29, 1.82) is 0 Å². The molecular formula is C20H24FN5O2. The number of likely N-dealkylation sites (tertiary alicyclic amines) is 1. The van der Waals surface area contributed by atoms with Gasteiger partial charge in [-0.05, 0) is 49.9 Å². The molecule has 1 aliphatic rings. The molecule has 0 unspecified atom stereocenters. The van der Waals surface area contributed by atoms with E-state index in [1.165, 1.54) is 11.1 Å². The predicted octanol–water partition coefficient (Wildman–Crippen LogP) is 1.78. The molecule has 0 spiro atoms. The second-order valence-corrected chi connectivity index (χ2v) is 7.05. The Hall–Kier alpha value is -3.03. The van der Waals surface area contributed by atoms with Crippen molar-refractivity contribution >= 4 is 22.8 Å². The first-order valence-electron chi connectivity index (χ1n) is 9.26. The maximum Gasteiger partial charge on any atom is 0.271 e. The largest absolute Gasteiger partial charge is 0.395 e. The van der Waals surface area contributed by atoms with E-state index < -0.39 is 6.17 Å². The van der Waals surface area contributed by atoms with Crippen molar-refractivity contribution in [3.05, 3.63) is 46.9 Å². The average molecular weight is 385 g/mol. The van der Waals surface area contributed by atoms with Crippen LogP contribution in [0.25, 0.3) is 11.0 Å². The SMILES string of the molecule is Cc1cc2ncc(C(=O)NCCC/C=C(/N)C(=O)N3CC(F)C3)nc2cc1C. The molecule has 1 saturated heterocycles. The molecule has 2 heterocycles. The Labute approximate surface area is 162 Å². The smallest absolute Gasteiger partial charge is 0.271 e. The summed E-state index contributed by atoms with van der Waals surface area (Å²) in [5.74, 6) is -0.634. The van der Waals surface area contributed by atoms with Crippen molar-refractivity contribution in [3.8, 4) is 0 Å². The number of carbonyl (C=O) groups is 2. The molecule has 0 radical (unpaired) electrons. The third kappa shape index (κ3) is 4.44. The number of benzene rings is 1. The number of nitrogens with two attached hydrogens (primary N) is 1. The minimum atomic E-state index is -0.946. The van der Waals surface area contributed by atoms with Gasteiger partial charge in [0.15, 0.2) is 0 Å². The Morgan fingerprint density at radius 2 is 1.96 bits per heavy atom. The molecular weight excluding hydrogens is 361 g/mol. The van der Waals surface area contributed by atoms with E-state index in [1.807, 2.05) is 26.0 Å². The summed E-state index contributed by atoms with van der Waals surface area (Å²) in [5, 5.41) is 2.79. The summed E-state index contributed by atoms with van der Waals surface area (Å²) in [6.45, 7) is 4.63. The van der Waals surface area contributed by atoms with Crippen LogP contribution in [0.3, 0.4) is 0 Å². The summed E-state index contributed by atoms with van der Waals surface area (Å²) in [6, 6.07) is 3.87. The van der Waals surface area contributed by atoms with E-state index in [-0.39, 0.29) is 36.3 Å². The number of hydrogen-bond acceptors (Lipinski definition) is 5. The number of aromatic nitrogens is 2. The molecule has 0 atom stereocenters. The van der Waals surface area contributed by atoms with Gasteiger partial charge in [-0.2, -0.15) is 0 Å². The van der Waals surface area contributed by atoms with Gasteiger partial charge in [-0.25, -0.2) is 9.37 Å². The first-order valence-corrected chi connectivity index (χ1v) is 9.26. The number of hydrogen-bond donors (Lipinski definition) is 2. The zero-order chi connectivity index (χ0) is 20.3. The molecule has 1 aliphatic heterocycles. The van der Waals surface area contributed by atoms with Crippen LogP contribution in [-0.4, -0.2) is 52.5 Å². The molecule has 0 bridgehead atoms. The van der Waals surface area contributed by atoms with Crippen LogP contribution < -0.4 is 11.1 Å². The molecule has 8 heteroatoms. The van der Waals surface area contributed by atoms with E-state index in [2.05, 4.69) is 15.3 Å². The molecule has 28 heavy (non-hydrogen) atoms. The van der Waals surface area contributed by atoms with Gasteiger partial charge in [-0.3, -0.25) is 14.6 Å². The minimum Gasteiger partial charge on any atom is -0.395 e. The summed E-state index contributed by atoms with van der Waals surface area (Å²) in [7, 11) is 0. The fourth-order valence-electron chi connectivity index (χ4n) is 2.89. The lowest BCUT2D eigenvalue weighted by Gasteiger charge is -2.34. The van der Waals surface area contributed by atoms with Crippen LogP contribution in [0.5, 0.6) is 0 Å². The molecule has 7 nitrogen and oxygen atoms in total. The maximum atomic E-state index is 12.8. The van der Waals surface area contributed by atoms with Gasteiger partial charge in [0, 0.05) is 6.54 Å². The molecule has 148 valence electrons. The number of halogens is 1. The maximum absolute atomic E-state index is 12.8. The van der Waals surface area contributed by atoms with E-state index in [9.17, 15) is 14.0 Å². The van der Waals surface area contributed by atoms with Crippen molar-refractivity contribution in [2.24, 2.45) is 5.73 Å². The molecule has 2 aromatic rings. The normalized spacial score (nSPS) is 14.8. The van der Waals surface area contributed by atoms with Crippen molar-refractivity contribution in [2.75, 3.05) is 19.6 Å². The highest BCUT2D eigenvalue weighted by atomic mass is 19.1. The molecule has 1 aromatic heterocycles. The Morgan fingerprint density at radius 3 is 2.64 bits per heavy atom. The van der Waals surface area contributed by atoms with Crippen molar-refractivity contribution in [3.63, 3.8) is 0 Å². The number of allylic oxidation sites excluding steroid dienone is 1. The van der Waals surface area contributed by atoms with Crippen molar-refractivity contribution in [1.82, 2.24) is 20.2 Å². The van der Waals surface area contributed by atoms with E-state index >= 15 is 0 Å². The summed E-state index contributed by atoms with van der Waals surface area (Å²) >= 11 is 0. The van der Waals surface area contributed by atoms with Gasteiger partial charge in [-0.1, -0.05) is 6.08 Å². The third-order valence-corrected chi connectivity index (χ3v) is 4.79. The summed E-state index contributed by atoms with van der Waals surface area (Å²) in [5.41, 5.74) is 9.77. The van der Waals surface area contributed by atoms with Gasteiger partial charge in [0.2, 0.25) is 0 Å². The van der Waals surface area contributed by atoms with Crippen molar-refractivity contribution in [2.45, 2.75) is 32.9 Å². The molecule has 1 fully saturated rings. The lowest BCUT2D eigenvalue weighted by molar-refractivity contribution is -0.134. The standard InChI is InChI=1S/C20H24FN5O2/c1-12-7-16-17(8-13(12)2)25-18(9-24-16)19(27)23-6-4-3-5-15(22)20(28)26-10-14(21)11-26/h5,7-9,14H,3-4,6,10-11,22H2,1-2H3,(H,23,27)/b15-5+. The van der Waals surface area contributed by atoms with Crippen molar-refractivity contribution < 1.29 is 14.0 Å². The molecule has 3 N–H and O–H groups in total. The molecule has 2 amide bonds. The number of alkyl halides is 1. The predicted molar refractivity (Wildman–Crippen MR) is 104 cm³/mol. The van der Waals surface area contributed by atoms with Crippen LogP contribution in [0.1, 0.15) is 34.5 Å². The zero-order valence-electron chi connectivity index (χ0n) is 16.0. The quantitative estimate of drug-likeness (QED) is 0.583. The van der Waals surface area contributed by atoms with Gasteiger partial charge in [0.25, 0.3) is 11.8 Å². The number of carbonyl (C=O) groups excluding carboxylic acids is 2. The van der Waals surface area contributed by atoms with Gasteiger partial charge in [0.05, 0.1) is 36.0 Å². The van der Waals surface area contributed by atoms with Crippen LogP contribution in [-0.2, 0) is 4.79 Å². The first-order chi connectivity index (χ1) is 13.3. The number of unbranched alkanes of at least 4 members (excludes halogenated alkanes) is 1. The average Bonchev–Trinajstić information content (AvgIpc) is 2.64. The summed E-state index contributed by atoms with van der Waals surface area (Å²) in [6.07, 6.45) is 3.28. The molecule has 0 aliphatic carbocycles. The summed E-state index contributed by atoms with van der Waals surface area (Å²) in [4.78, 5) is 34.2. The Morgan fingerprint density at radius 1 is 1.29 bits per heavy atom. The molecule has 0 saturated carbocycles. The topological polar surface area (TPSA) is 101 Å². The number of nitrogens with zero attached hydrogens (tertiary/aromatic N) is 3. The highest BCUT2D eigenvalue weighted by molar-refractivity contribution is 5.94. The second-order valence-electron chi connectivity index (χ2n) is 7.05. The van der Waals surface area contributed by atoms with E-state index in [0.29, 0.717) is 24.9 Å². The lowest BCUT2D eigenvalue weighted by atomic mass is 10.1. The van der Waals surface area contributed by atoms with Gasteiger partial charge in [0.1, 0.15) is 11.9 Å². The highest BCUT2D eigenvalue weighted by Crippen LogP contribution is 2.16. The number of nitrogens with one attached hydrogen (secondary N) is 1. The van der Waals surface area contributed by atoms with Crippen LogP contribution >= 0.6 is 0 Å². The fraction of sp³-hybridized carbons (Fsp3) is 0.400. The van der Waals surface area contributed by atoms with Crippen LogP contribution in [0.15, 0.2) is 30.1 Å². The van der Waals surface area contributed by atoms with Crippen LogP contribution in [0.2, 0.25) is 0 Å². The monoisotopic (exact) mass is 385 g/mol. The Bertz CT molecular complexity index is 938. The van der Waals surface area contributed by atoms with E-state index in [0.717, 1.165) is 16.6 Å². The summed E-state index contributed by atoms with van der Waals surface area (Å²) < 4.78 is 12.8. The van der Waals surface area contributed by atoms with Crippen LogP contribution in [0.4, 0.5) is 4.39 Å². The van der Waals surface area contributed by atoms with Gasteiger partial charge in [-0.15, -0.1) is 0 Å². The fourth-order valence-corrected chi connectivity index (χ4v) is 2.89. The first kappa shape index (κ1) is 19.7. The minimum absolute atomic E-state index is 0.106. The van der Waals surface area contributed by atoms with E-state index in [4.69, 9.17) is 5.73 Å². The molecule has 3 rings (SSSR count).